The highest BCUT2D eigenvalue weighted by molar-refractivity contribution is 5.95. The Morgan fingerprint density at radius 3 is 2.03 bits per heavy atom. The molecule has 4 rings (SSSR count). The standard InChI is InChI=1S/C28H34N2O2/c1-20-11-13-23(14-12-20)26(22-9-7-6-8-10-22)29-15-17-30(18-16-29)27(31)24-19-25(28(3,4)5)32-21(24)2/h6-14,19,26H,15-18H2,1-5H3. The molecule has 0 radical (unpaired) electrons. The van der Waals surface area contributed by atoms with Gasteiger partial charge in [0.15, 0.2) is 0 Å². The number of hydrogen-bond acceptors (Lipinski definition) is 3. The van der Waals surface area contributed by atoms with Crippen molar-refractivity contribution in [3.63, 3.8) is 0 Å². The first-order chi connectivity index (χ1) is 15.2. The fourth-order valence-corrected chi connectivity index (χ4v) is 4.42. The number of amides is 1. The molecule has 0 aliphatic carbocycles. The fraction of sp³-hybridized carbons (Fsp3) is 0.393. The Balaban J connectivity index is 1.52. The van der Waals surface area contributed by atoms with Gasteiger partial charge in [-0.1, -0.05) is 80.9 Å². The van der Waals surface area contributed by atoms with Crippen LogP contribution in [0.2, 0.25) is 0 Å². The monoisotopic (exact) mass is 430 g/mol. The van der Waals surface area contributed by atoms with E-state index < -0.39 is 0 Å². The molecule has 168 valence electrons. The van der Waals surface area contributed by atoms with Crippen LogP contribution < -0.4 is 0 Å². The fourth-order valence-electron chi connectivity index (χ4n) is 4.42. The minimum Gasteiger partial charge on any atom is -0.465 e. The van der Waals surface area contributed by atoms with E-state index in [0.717, 1.165) is 18.8 Å². The van der Waals surface area contributed by atoms with Crippen LogP contribution in [0.25, 0.3) is 0 Å². The third-order valence-corrected chi connectivity index (χ3v) is 6.36. The Kier molecular flexibility index (Phi) is 6.25. The zero-order valence-electron chi connectivity index (χ0n) is 19.9. The molecule has 1 atom stereocenters. The maximum Gasteiger partial charge on any atom is 0.257 e. The van der Waals surface area contributed by atoms with Gasteiger partial charge in [-0.3, -0.25) is 9.69 Å². The van der Waals surface area contributed by atoms with Crippen LogP contribution in [0.5, 0.6) is 0 Å². The number of furan rings is 1. The Labute approximate surface area is 191 Å². The topological polar surface area (TPSA) is 36.7 Å². The molecule has 4 heteroatoms. The molecule has 3 aromatic rings. The number of carbonyl (C=O) groups is 1. The molecule has 1 aliphatic rings. The second kappa shape index (κ2) is 8.95. The Bertz CT molecular complexity index is 1050. The summed E-state index contributed by atoms with van der Waals surface area (Å²) in [6.07, 6.45) is 0. The van der Waals surface area contributed by atoms with Crippen LogP contribution in [-0.4, -0.2) is 41.9 Å². The molecular weight excluding hydrogens is 396 g/mol. The van der Waals surface area contributed by atoms with Crippen molar-refractivity contribution >= 4 is 5.91 Å². The normalized spacial score (nSPS) is 16.2. The number of aryl methyl sites for hydroxylation is 2. The molecule has 4 nitrogen and oxygen atoms in total. The van der Waals surface area contributed by atoms with Crippen LogP contribution in [0.4, 0.5) is 0 Å². The van der Waals surface area contributed by atoms with E-state index in [-0.39, 0.29) is 17.4 Å². The molecule has 32 heavy (non-hydrogen) atoms. The van der Waals surface area contributed by atoms with E-state index in [1.54, 1.807) is 0 Å². The summed E-state index contributed by atoms with van der Waals surface area (Å²) < 4.78 is 5.92. The lowest BCUT2D eigenvalue weighted by atomic mass is 9.93. The number of rotatable bonds is 4. The summed E-state index contributed by atoms with van der Waals surface area (Å²) in [5.41, 5.74) is 4.43. The summed E-state index contributed by atoms with van der Waals surface area (Å²) >= 11 is 0. The van der Waals surface area contributed by atoms with Gasteiger partial charge in [0.25, 0.3) is 5.91 Å². The average molecular weight is 431 g/mol. The molecule has 0 saturated carbocycles. The lowest BCUT2D eigenvalue weighted by molar-refractivity contribution is 0.0595. The van der Waals surface area contributed by atoms with Crippen LogP contribution in [0.3, 0.4) is 0 Å². The number of nitrogens with zero attached hydrogens (tertiary/aromatic N) is 2. The highest BCUT2D eigenvalue weighted by Gasteiger charge is 2.31. The first-order valence-electron chi connectivity index (χ1n) is 11.5. The molecule has 0 spiro atoms. The van der Waals surface area contributed by atoms with Gasteiger partial charge in [-0.05, 0) is 31.0 Å². The molecule has 1 saturated heterocycles. The average Bonchev–Trinajstić information content (AvgIpc) is 3.18. The Morgan fingerprint density at radius 2 is 1.47 bits per heavy atom. The molecule has 1 aliphatic heterocycles. The molecule has 1 fully saturated rings. The summed E-state index contributed by atoms with van der Waals surface area (Å²) in [5, 5.41) is 0. The van der Waals surface area contributed by atoms with E-state index >= 15 is 0 Å². The van der Waals surface area contributed by atoms with E-state index in [0.29, 0.717) is 24.4 Å². The zero-order valence-corrected chi connectivity index (χ0v) is 19.9. The number of benzene rings is 2. The van der Waals surface area contributed by atoms with Gasteiger partial charge in [-0.15, -0.1) is 0 Å². The smallest absolute Gasteiger partial charge is 0.257 e. The van der Waals surface area contributed by atoms with Crippen molar-refractivity contribution in [2.75, 3.05) is 26.2 Å². The van der Waals surface area contributed by atoms with Gasteiger partial charge in [-0.25, -0.2) is 0 Å². The quantitative estimate of drug-likeness (QED) is 0.529. The molecule has 0 bridgehead atoms. The lowest BCUT2D eigenvalue weighted by Gasteiger charge is -2.39. The third kappa shape index (κ3) is 4.66. The minimum absolute atomic E-state index is 0.0768. The molecule has 1 unspecified atom stereocenters. The van der Waals surface area contributed by atoms with Crippen molar-refractivity contribution in [1.29, 1.82) is 0 Å². The summed E-state index contributed by atoms with van der Waals surface area (Å²) in [4.78, 5) is 17.7. The number of carbonyl (C=O) groups excluding carboxylic acids is 1. The number of piperazine rings is 1. The van der Waals surface area contributed by atoms with Gasteiger partial charge in [0, 0.05) is 31.6 Å². The van der Waals surface area contributed by atoms with Crippen LogP contribution in [0, 0.1) is 13.8 Å². The molecule has 2 heterocycles. The van der Waals surface area contributed by atoms with Crippen molar-refractivity contribution in [3.05, 3.63) is 94.4 Å². The Morgan fingerprint density at radius 1 is 0.875 bits per heavy atom. The SMILES string of the molecule is Cc1ccc(C(c2ccccc2)N2CCN(C(=O)c3cc(C(C)(C)C)oc3C)CC2)cc1. The summed E-state index contributed by atoms with van der Waals surface area (Å²) in [7, 11) is 0. The van der Waals surface area contributed by atoms with E-state index in [2.05, 4.69) is 87.2 Å². The molecular formula is C28H34N2O2. The minimum atomic E-state index is -0.112. The largest absolute Gasteiger partial charge is 0.465 e. The van der Waals surface area contributed by atoms with Crippen molar-refractivity contribution in [2.24, 2.45) is 0 Å². The van der Waals surface area contributed by atoms with Crippen LogP contribution in [-0.2, 0) is 5.41 Å². The van der Waals surface area contributed by atoms with E-state index in [1.807, 2.05) is 17.9 Å². The maximum atomic E-state index is 13.3. The van der Waals surface area contributed by atoms with Crippen molar-refractivity contribution < 1.29 is 9.21 Å². The maximum absolute atomic E-state index is 13.3. The molecule has 2 aromatic carbocycles. The van der Waals surface area contributed by atoms with Gasteiger partial charge in [-0.2, -0.15) is 0 Å². The lowest BCUT2D eigenvalue weighted by Crippen LogP contribution is -2.49. The highest BCUT2D eigenvalue weighted by Crippen LogP contribution is 2.31. The first kappa shape index (κ1) is 22.3. The number of hydrogen-bond donors (Lipinski definition) is 0. The van der Waals surface area contributed by atoms with Gasteiger partial charge in [0.1, 0.15) is 11.5 Å². The summed E-state index contributed by atoms with van der Waals surface area (Å²) in [6.45, 7) is 13.4. The van der Waals surface area contributed by atoms with E-state index in [9.17, 15) is 4.79 Å². The summed E-state index contributed by atoms with van der Waals surface area (Å²) in [6, 6.07) is 21.6. The van der Waals surface area contributed by atoms with E-state index in [1.165, 1.54) is 16.7 Å². The molecule has 0 N–H and O–H groups in total. The van der Waals surface area contributed by atoms with Gasteiger partial charge >= 0.3 is 0 Å². The predicted octanol–water partition coefficient (Wildman–Crippen LogP) is 5.74. The van der Waals surface area contributed by atoms with Gasteiger partial charge in [0.05, 0.1) is 11.6 Å². The highest BCUT2D eigenvalue weighted by atomic mass is 16.3. The molecule has 1 aromatic heterocycles. The zero-order chi connectivity index (χ0) is 22.9. The van der Waals surface area contributed by atoms with Crippen LogP contribution in [0.15, 0.2) is 65.1 Å². The van der Waals surface area contributed by atoms with Gasteiger partial charge < -0.3 is 9.32 Å². The molecule has 1 amide bonds. The van der Waals surface area contributed by atoms with Crippen molar-refractivity contribution in [3.8, 4) is 0 Å². The Hall–Kier alpha value is -2.85. The predicted molar refractivity (Wildman–Crippen MR) is 129 cm³/mol. The third-order valence-electron chi connectivity index (χ3n) is 6.36. The van der Waals surface area contributed by atoms with Crippen LogP contribution in [0.1, 0.15) is 65.4 Å². The van der Waals surface area contributed by atoms with Crippen molar-refractivity contribution in [1.82, 2.24) is 9.80 Å². The second-order valence-corrected chi connectivity index (χ2v) is 9.88. The van der Waals surface area contributed by atoms with Crippen LogP contribution >= 0.6 is 0 Å². The van der Waals surface area contributed by atoms with Gasteiger partial charge in [0.2, 0.25) is 0 Å². The summed E-state index contributed by atoms with van der Waals surface area (Å²) in [5.74, 6) is 1.65. The van der Waals surface area contributed by atoms with Crippen molar-refractivity contribution in [2.45, 2.75) is 46.1 Å². The first-order valence-corrected chi connectivity index (χ1v) is 11.5. The van der Waals surface area contributed by atoms with E-state index in [4.69, 9.17) is 4.42 Å². The second-order valence-electron chi connectivity index (χ2n) is 9.88.